The third-order valence-electron chi connectivity index (χ3n) is 10.6. The number of fused-ring (bicyclic) bond motifs is 5. The van der Waals surface area contributed by atoms with E-state index >= 15 is 0 Å². The molecular formula is C25H44O2Si. The molecule has 4 aliphatic rings. The SMILES string of the molecule is CC(C)(C)[Si](C)(C)O[C@H]1CC[C@@H]2[C@@H]3CC[C@H]4CC(=O)CC[C@]4(C)[C@@H]3CC[C@]12C. The molecule has 0 amide bonds. The van der Waals surface area contributed by atoms with E-state index in [1.54, 1.807) is 0 Å². The van der Waals surface area contributed by atoms with Crippen molar-refractivity contribution >= 4 is 14.1 Å². The highest BCUT2D eigenvalue weighted by Gasteiger charge is 2.61. The summed E-state index contributed by atoms with van der Waals surface area (Å²) in [4.78, 5) is 12.1. The number of ketones is 1. The van der Waals surface area contributed by atoms with Crippen molar-refractivity contribution in [3.63, 3.8) is 0 Å². The van der Waals surface area contributed by atoms with Crippen molar-refractivity contribution in [1.29, 1.82) is 0 Å². The smallest absolute Gasteiger partial charge is 0.192 e. The van der Waals surface area contributed by atoms with Crippen LogP contribution in [0.5, 0.6) is 0 Å². The first kappa shape index (κ1) is 21.1. The van der Waals surface area contributed by atoms with E-state index in [4.69, 9.17) is 4.43 Å². The van der Waals surface area contributed by atoms with Gasteiger partial charge in [0.1, 0.15) is 5.78 Å². The summed E-state index contributed by atoms with van der Waals surface area (Å²) < 4.78 is 7.06. The van der Waals surface area contributed by atoms with Crippen LogP contribution in [0.1, 0.15) is 92.4 Å². The fraction of sp³-hybridized carbons (Fsp3) is 0.960. The summed E-state index contributed by atoms with van der Waals surface area (Å²) in [6.45, 7) is 17.1. The molecule has 0 aromatic rings. The Hall–Kier alpha value is -0.153. The highest BCUT2D eigenvalue weighted by atomic mass is 28.4. The Bertz CT molecular complexity index is 635. The Morgan fingerprint density at radius 1 is 0.929 bits per heavy atom. The summed E-state index contributed by atoms with van der Waals surface area (Å²) >= 11 is 0. The van der Waals surface area contributed by atoms with Crippen molar-refractivity contribution in [1.82, 2.24) is 0 Å². The molecule has 0 radical (unpaired) electrons. The van der Waals surface area contributed by atoms with Gasteiger partial charge < -0.3 is 4.43 Å². The van der Waals surface area contributed by atoms with Crippen molar-refractivity contribution in [3.8, 4) is 0 Å². The highest BCUT2D eigenvalue weighted by Crippen LogP contribution is 2.66. The Kier molecular flexibility index (Phi) is 5.03. The maximum atomic E-state index is 12.1. The molecule has 0 unspecified atom stereocenters. The Labute approximate surface area is 174 Å². The third kappa shape index (κ3) is 3.09. The zero-order valence-electron chi connectivity index (χ0n) is 19.6. The molecular weight excluding hydrogens is 360 g/mol. The summed E-state index contributed by atoms with van der Waals surface area (Å²) in [7, 11) is -1.72. The average molecular weight is 405 g/mol. The van der Waals surface area contributed by atoms with Crippen LogP contribution < -0.4 is 0 Å². The average Bonchev–Trinajstić information content (AvgIpc) is 2.91. The zero-order chi connectivity index (χ0) is 20.5. The lowest BCUT2D eigenvalue weighted by atomic mass is 9.45. The third-order valence-corrected chi connectivity index (χ3v) is 15.1. The van der Waals surface area contributed by atoms with E-state index in [2.05, 4.69) is 47.7 Å². The molecule has 0 aliphatic heterocycles. The van der Waals surface area contributed by atoms with Gasteiger partial charge in [-0.3, -0.25) is 4.79 Å². The second-order valence-electron chi connectivity index (χ2n) is 12.9. The Morgan fingerprint density at radius 2 is 1.61 bits per heavy atom. The second kappa shape index (κ2) is 6.67. The molecule has 3 heteroatoms. The lowest BCUT2D eigenvalue weighted by Crippen LogP contribution is -2.55. The highest BCUT2D eigenvalue weighted by molar-refractivity contribution is 6.74. The minimum Gasteiger partial charge on any atom is -0.413 e. The van der Waals surface area contributed by atoms with Gasteiger partial charge in [0.15, 0.2) is 8.32 Å². The molecule has 0 heterocycles. The van der Waals surface area contributed by atoms with Crippen molar-refractivity contribution in [2.45, 2.75) is 117 Å². The van der Waals surface area contributed by atoms with Gasteiger partial charge in [-0.05, 0) is 97.6 Å². The maximum Gasteiger partial charge on any atom is 0.192 e. The van der Waals surface area contributed by atoms with Gasteiger partial charge >= 0.3 is 0 Å². The van der Waals surface area contributed by atoms with Gasteiger partial charge in [-0.2, -0.15) is 0 Å². The molecule has 0 bridgehead atoms. The summed E-state index contributed by atoms with van der Waals surface area (Å²) in [5.74, 6) is 3.77. The van der Waals surface area contributed by atoms with Gasteiger partial charge in [0.25, 0.3) is 0 Å². The molecule has 0 spiro atoms. The van der Waals surface area contributed by atoms with Gasteiger partial charge in [-0.1, -0.05) is 34.6 Å². The van der Waals surface area contributed by atoms with Gasteiger partial charge in [0.05, 0.1) is 6.10 Å². The minimum absolute atomic E-state index is 0.290. The van der Waals surface area contributed by atoms with Crippen LogP contribution >= 0.6 is 0 Å². The monoisotopic (exact) mass is 404 g/mol. The number of rotatable bonds is 2. The first-order chi connectivity index (χ1) is 12.9. The van der Waals surface area contributed by atoms with Crippen molar-refractivity contribution < 1.29 is 9.22 Å². The topological polar surface area (TPSA) is 26.3 Å². The van der Waals surface area contributed by atoms with Crippen molar-refractivity contribution in [2.75, 3.05) is 0 Å². The normalized spacial score (nSPS) is 46.7. The van der Waals surface area contributed by atoms with E-state index in [1.807, 2.05) is 0 Å². The second-order valence-corrected chi connectivity index (χ2v) is 17.6. The van der Waals surface area contributed by atoms with Crippen LogP contribution in [-0.2, 0) is 9.22 Å². The molecule has 28 heavy (non-hydrogen) atoms. The molecule has 4 rings (SSSR count). The van der Waals surface area contributed by atoms with E-state index in [1.165, 1.54) is 38.5 Å². The zero-order valence-corrected chi connectivity index (χ0v) is 20.6. The lowest BCUT2D eigenvalue weighted by Gasteiger charge is -2.60. The predicted octanol–water partition coefficient (Wildman–Crippen LogP) is 6.99. The van der Waals surface area contributed by atoms with E-state index < -0.39 is 8.32 Å². The molecule has 4 fully saturated rings. The van der Waals surface area contributed by atoms with Gasteiger partial charge in [-0.25, -0.2) is 0 Å². The molecule has 0 N–H and O–H groups in total. The maximum absolute atomic E-state index is 12.1. The predicted molar refractivity (Wildman–Crippen MR) is 119 cm³/mol. The first-order valence-electron chi connectivity index (χ1n) is 12.1. The van der Waals surface area contributed by atoms with Gasteiger partial charge in [-0.15, -0.1) is 0 Å². The molecule has 0 saturated heterocycles. The molecule has 7 atom stereocenters. The number of Topliss-reactive ketones (excluding diaryl/α,β-unsaturated/α-hetero) is 1. The van der Waals surface area contributed by atoms with Crippen LogP contribution in [0.2, 0.25) is 18.1 Å². The number of hydrogen-bond acceptors (Lipinski definition) is 2. The summed E-state index contributed by atoms with van der Waals surface area (Å²) in [5, 5.41) is 0.290. The fourth-order valence-electron chi connectivity index (χ4n) is 7.72. The molecule has 2 nitrogen and oxygen atoms in total. The van der Waals surface area contributed by atoms with Gasteiger partial charge in [0, 0.05) is 12.8 Å². The van der Waals surface area contributed by atoms with Crippen LogP contribution in [-0.4, -0.2) is 20.2 Å². The van der Waals surface area contributed by atoms with Crippen LogP contribution in [0, 0.1) is 34.5 Å². The van der Waals surface area contributed by atoms with Crippen LogP contribution in [0.3, 0.4) is 0 Å². The summed E-state index contributed by atoms with van der Waals surface area (Å²) in [6.07, 6.45) is 11.4. The lowest BCUT2D eigenvalue weighted by molar-refractivity contribution is -0.141. The Balaban J connectivity index is 1.55. The van der Waals surface area contributed by atoms with Crippen LogP contribution in [0.4, 0.5) is 0 Å². The quantitative estimate of drug-likeness (QED) is 0.464. The number of carbonyl (C=O) groups is 1. The molecule has 0 aromatic heterocycles. The fourth-order valence-corrected chi connectivity index (χ4v) is 9.18. The van der Waals surface area contributed by atoms with E-state index in [0.717, 1.165) is 37.0 Å². The van der Waals surface area contributed by atoms with Crippen molar-refractivity contribution in [2.24, 2.45) is 34.5 Å². The van der Waals surface area contributed by atoms with E-state index in [9.17, 15) is 4.79 Å². The van der Waals surface area contributed by atoms with Crippen LogP contribution in [0.25, 0.3) is 0 Å². The molecule has 160 valence electrons. The molecule has 4 aliphatic carbocycles. The Morgan fingerprint density at radius 3 is 2.29 bits per heavy atom. The molecule has 4 saturated carbocycles. The largest absolute Gasteiger partial charge is 0.413 e. The van der Waals surface area contributed by atoms with Gasteiger partial charge in [0.2, 0.25) is 0 Å². The van der Waals surface area contributed by atoms with Crippen molar-refractivity contribution in [3.05, 3.63) is 0 Å². The standard InChI is InChI=1S/C25H44O2Si/c1-23(2,3)28(6,7)27-22-11-10-20-19-9-8-17-16-18(26)12-14-24(17,4)21(19)13-15-25(20,22)5/h17,19-22H,8-16H2,1-7H3/t17-,19-,20+,21+,22-,24-,25-/m0/s1. The molecule has 0 aromatic carbocycles. The van der Waals surface area contributed by atoms with E-state index in [-0.39, 0.29) is 0 Å². The summed E-state index contributed by atoms with van der Waals surface area (Å²) in [5.41, 5.74) is 0.806. The minimum atomic E-state index is -1.72. The van der Waals surface area contributed by atoms with Crippen LogP contribution in [0.15, 0.2) is 0 Å². The summed E-state index contributed by atoms with van der Waals surface area (Å²) in [6, 6.07) is 0. The number of carbonyl (C=O) groups excluding carboxylic acids is 1. The number of hydrogen-bond donors (Lipinski definition) is 0. The first-order valence-corrected chi connectivity index (χ1v) is 15.0. The van der Waals surface area contributed by atoms with E-state index in [0.29, 0.717) is 33.7 Å².